The van der Waals surface area contributed by atoms with E-state index in [0.717, 1.165) is 62.3 Å². The van der Waals surface area contributed by atoms with Crippen molar-refractivity contribution >= 4 is 5.71 Å². The number of oxime groups is 1. The van der Waals surface area contributed by atoms with Gasteiger partial charge in [0, 0.05) is 18.2 Å². The average molecular weight is 458 g/mol. The highest BCUT2D eigenvalue weighted by Gasteiger charge is 2.32. The van der Waals surface area contributed by atoms with E-state index in [1.54, 1.807) is 7.11 Å². The first-order chi connectivity index (χ1) is 16.8. The number of ether oxygens (including phenoxy) is 1. The zero-order chi connectivity index (χ0) is 23.6. The summed E-state index contributed by atoms with van der Waals surface area (Å²) < 4.78 is 5.56. The zero-order valence-electron chi connectivity index (χ0n) is 19.9. The molecule has 178 valence electrons. The molecule has 1 aliphatic heterocycles. The van der Waals surface area contributed by atoms with Crippen LogP contribution in [-0.4, -0.2) is 42.1 Å². The van der Waals surface area contributed by atoms with Gasteiger partial charge in [0.25, 0.3) is 0 Å². The molecule has 34 heavy (non-hydrogen) atoms. The highest BCUT2D eigenvalue weighted by Crippen LogP contribution is 2.32. The molecule has 4 rings (SSSR count). The molecule has 1 heterocycles. The molecule has 0 aromatic heterocycles. The summed E-state index contributed by atoms with van der Waals surface area (Å²) in [5, 5.41) is 17.0. The zero-order valence-corrected chi connectivity index (χ0v) is 19.9. The molecule has 3 aromatic rings. The van der Waals surface area contributed by atoms with Gasteiger partial charge in [-0.3, -0.25) is 4.90 Å². The quantitative estimate of drug-likeness (QED) is 0.235. The Hall–Kier alpha value is -3.15. The summed E-state index contributed by atoms with van der Waals surface area (Å²) in [6.07, 6.45) is 3.99. The normalized spacial score (nSPS) is 19.1. The van der Waals surface area contributed by atoms with Crippen molar-refractivity contribution in [1.82, 2.24) is 10.2 Å². The molecular formula is C29H35N3O2. The van der Waals surface area contributed by atoms with Gasteiger partial charge in [0.05, 0.1) is 18.9 Å². The molecule has 0 saturated carbocycles. The van der Waals surface area contributed by atoms with Gasteiger partial charge in [0.2, 0.25) is 0 Å². The van der Waals surface area contributed by atoms with Crippen LogP contribution in [0.1, 0.15) is 48.4 Å². The molecule has 0 bridgehead atoms. The maximum Gasteiger partial charge on any atom is 0.123 e. The van der Waals surface area contributed by atoms with Crippen molar-refractivity contribution in [2.75, 3.05) is 20.2 Å². The van der Waals surface area contributed by atoms with Gasteiger partial charge >= 0.3 is 0 Å². The van der Waals surface area contributed by atoms with Gasteiger partial charge in [-0.25, -0.2) is 0 Å². The molecule has 1 saturated heterocycles. The third-order valence-corrected chi connectivity index (χ3v) is 6.71. The Morgan fingerprint density at radius 3 is 2.44 bits per heavy atom. The Kier molecular flexibility index (Phi) is 8.71. The van der Waals surface area contributed by atoms with Crippen LogP contribution in [0.4, 0.5) is 0 Å². The van der Waals surface area contributed by atoms with Crippen LogP contribution in [0.2, 0.25) is 0 Å². The first kappa shape index (κ1) is 24.0. The first-order valence-corrected chi connectivity index (χ1v) is 12.2. The Labute approximate surface area is 203 Å². The summed E-state index contributed by atoms with van der Waals surface area (Å²) in [7, 11) is 1.73. The van der Waals surface area contributed by atoms with E-state index in [4.69, 9.17) is 4.74 Å². The van der Waals surface area contributed by atoms with E-state index in [1.807, 2.05) is 42.5 Å². The van der Waals surface area contributed by atoms with Gasteiger partial charge in [-0.15, -0.1) is 0 Å². The topological polar surface area (TPSA) is 57.1 Å². The average Bonchev–Trinajstić information content (AvgIpc) is 2.91. The van der Waals surface area contributed by atoms with E-state index in [1.165, 1.54) is 11.1 Å². The lowest BCUT2D eigenvalue weighted by molar-refractivity contribution is 0.110. The van der Waals surface area contributed by atoms with Crippen LogP contribution in [-0.2, 0) is 6.54 Å². The van der Waals surface area contributed by atoms with Crippen molar-refractivity contribution in [3.05, 3.63) is 102 Å². The lowest BCUT2D eigenvalue weighted by atomic mass is 9.89. The molecule has 5 heteroatoms. The van der Waals surface area contributed by atoms with Crippen LogP contribution in [0.3, 0.4) is 0 Å². The van der Waals surface area contributed by atoms with Crippen molar-refractivity contribution in [2.24, 2.45) is 5.16 Å². The molecule has 2 atom stereocenters. The van der Waals surface area contributed by atoms with Gasteiger partial charge in [0.1, 0.15) is 5.75 Å². The minimum atomic E-state index is 0.302. The molecule has 0 unspecified atom stereocenters. The number of benzene rings is 3. The van der Waals surface area contributed by atoms with E-state index in [0.29, 0.717) is 12.1 Å². The molecule has 0 radical (unpaired) electrons. The molecule has 0 spiro atoms. The van der Waals surface area contributed by atoms with Crippen LogP contribution >= 0.6 is 0 Å². The number of nitrogens with zero attached hydrogens (tertiary/aromatic N) is 2. The Morgan fingerprint density at radius 1 is 1.00 bits per heavy atom. The fourth-order valence-electron chi connectivity index (χ4n) is 5.05. The Bertz CT molecular complexity index is 1040. The third kappa shape index (κ3) is 6.04. The van der Waals surface area contributed by atoms with Gasteiger partial charge in [-0.05, 0) is 56.0 Å². The monoisotopic (exact) mass is 457 g/mol. The van der Waals surface area contributed by atoms with Gasteiger partial charge in [-0.2, -0.15) is 0 Å². The highest BCUT2D eigenvalue weighted by molar-refractivity contribution is 6.00. The fourth-order valence-corrected chi connectivity index (χ4v) is 5.05. The van der Waals surface area contributed by atoms with Crippen molar-refractivity contribution in [2.45, 2.75) is 44.3 Å². The van der Waals surface area contributed by atoms with Gasteiger partial charge in [-0.1, -0.05) is 84.0 Å². The second-order valence-corrected chi connectivity index (χ2v) is 8.85. The first-order valence-electron chi connectivity index (χ1n) is 12.2. The number of nitrogens with one attached hydrogen (secondary N) is 1. The lowest BCUT2D eigenvalue weighted by Gasteiger charge is -2.42. The smallest absolute Gasteiger partial charge is 0.123 e. The lowest BCUT2D eigenvalue weighted by Crippen LogP contribution is -2.48. The number of rotatable bonds is 10. The van der Waals surface area contributed by atoms with Crippen molar-refractivity contribution in [1.29, 1.82) is 0 Å². The Morgan fingerprint density at radius 2 is 1.71 bits per heavy atom. The SMILES string of the molecule is COc1ccccc1CN[C@H]1CCCN(CCCC(=NO)c2ccccc2)[C@H]1c1ccccc1. The molecule has 2 N–H and O–H groups in total. The second kappa shape index (κ2) is 12.4. The summed E-state index contributed by atoms with van der Waals surface area (Å²) in [4.78, 5) is 2.60. The molecular weight excluding hydrogens is 422 g/mol. The summed E-state index contributed by atoms with van der Waals surface area (Å²) in [6, 6.07) is 29.6. The maximum atomic E-state index is 9.56. The summed E-state index contributed by atoms with van der Waals surface area (Å²) >= 11 is 0. The number of para-hydroxylation sites is 1. The van der Waals surface area contributed by atoms with Crippen LogP contribution in [0.5, 0.6) is 5.75 Å². The van der Waals surface area contributed by atoms with Crippen molar-refractivity contribution in [3.63, 3.8) is 0 Å². The van der Waals surface area contributed by atoms with Crippen LogP contribution in [0, 0.1) is 0 Å². The van der Waals surface area contributed by atoms with E-state index >= 15 is 0 Å². The largest absolute Gasteiger partial charge is 0.496 e. The predicted molar refractivity (Wildman–Crippen MR) is 138 cm³/mol. The minimum Gasteiger partial charge on any atom is -0.496 e. The third-order valence-electron chi connectivity index (χ3n) is 6.71. The van der Waals surface area contributed by atoms with Gasteiger partial charge in [0.15, 0.2) is 0 Å². The van der Waals surface area contributed by atoms with Crippen molar-refractivity contribution in [3.8, 4) is 5.75 Å². The summed E-state index contributed by atoms with van der Waals surface area (Å²) in [6.45, 7) is 2.81. The molecule has 1 aliphatic rings. The van der Waals surface area contributed by atoms with Gasteiger partial charge < -0.3 is 15.3 Å². The molecule has 0 aliphatic carbocycles. The van der Waals surface area contributed by atoms with Crippen LogP contribution < -0.4 is 10.1 Å². The fraction of sp³-hybridized carbons (Fsp3) is 0.345. The van der Waals surface area contributed by atoms with E-state index in [-0.39, 0.29) is 0 Å². The van der Waals surface area contributed by atoms with Crippen molar-refractivity contribution < 1.29 is 9.94 Å². The summed E-state index contributed by atoms with van der Waals surface area (Å²) in [5.74, 6) is 0.927. The summed E-state index contributed by atoms with van der Waals surface area (Å²) in [5.41, 5.74) is 4.26. The van der Waals surface area contributed by atoms with E-state index in [2.05, 4.69) is 57.8 Å². The molecule has 5 nitrogen and oxygen atoms in total. The second-order valence-electron chi connectivity index (χ2n) is 8.85. The van der Waals surface area contributed by atoms with Crippen LogP contribution in [0.25, 0.3) is 0 Å². The number of piperidine rings is 1. The van der Waals surface area contributed by atoms with Crippen LogP contribution in [0.15, 0.2) is 90.1 Å². The molecule has 3 aromatic carbocycles. The number of hydrogen-bond donors (Lipinski definition) is 2. The predicted octanol–water partition coefficient (Wildman–Crippen LogP) is 5.65. The minimum absolute atomic E-state index is 0.302. The number of likely N-dealkylation sites (tertiary alicyclic amines) is 1. The maximum absolute atomic E-state index is 9.56. The number of hydrogen-bond acceptors (Lipinski definition) is 5. The highest BCUT2D eigenvalue weighted by atomic mass is 16.5. The van der Waals surface area contributed by atoms with E-state index < -0.39 is 0 Å². The van der Waals surface area contributed by atoms with E-state index in [9.17, 15) is 5.21 Å². The Balaban J connectivity index is 1.45. The number of methoxy groups -OCH3 is 1. The molecule has 1 fully saturated rings. The molecule has 0 amide bonds. The standard InChI is InChI=1S/C29H35N3O2/c1-34-28-19-9-8-16-25(28)22-30-27-18-11-21-32(29(27)24-14-6-3-7-15-24)20-10-17-26(31-33)23-12-4-2-5-13-23/h2-9,12-16,19,27,29-30,33H,10-11,17-18,20-22H2,1H3/t27-,29-/m0/s1.